The molecule has 0 fully saturated rings. The maximum absolute atomic E-state index is 5.75. The van der Waals surface area contributed by atoms with E-state index in [1.165, 1.54) is 0 Å². The highest BCUT2D eigenvalue weighted by atomic mass is 28.4. The average molecular weight is 270 g/mol. The molecular weight excluding hydrogens is 247 g/mol. The van der Waals surface area contributed by atoms with Crippen LogP contribution < -0.4 is 0 Å². The van der Waals surface area contributed by atoms with Crippen LogP contribution in [0.25, 0.3) is 0 Å². The van der Waals surface area contributed by atoms with E-state index < -0.39 is 26.6 Å². The van der Waals surface area contributed by atoms with Crippen molar-refractivity contribution in [2.45, 2.75) is 39.3 Å². The van der Waals surface area contributed by atoms with Crippen LogP contribution in [0, 0.1) is 0 Å². The van der Waals surface area contributed by atoms with Gasteiger partial charge in [0.15, 0.2) is 0 Å². The van der Waals surface area contributed by atoms with E-state index in [1.807, 2.05) is 0 Å². The van der Waals surface area contributed by atoms with Gasteiger partial charge in [0.25, 0.3) is 0 Å². The van der Waals surface area contributed by atoms with Gasteiger partial charge in [-0.05, 0) is 13.1 Å². The largest absolute Gasteiger partial charge is 0.727 e. The summed E-state index contributed by atoms with van der Waals surface area (Å²) in [5.74, 6) is 0. The fourth-order valence-corrected chi connectivity index (χ4v) is 9.23. The molecule has 0 unspecified atom stereocenters. The Morgan fingerprint density at radius 2 is 1.64 bits per heavy atom. The number of hydrogen-bond acceptors (Lipinski definition) is 2. The molecule has 0 atom stereocenters. The van der Waals surface area contributed by atoms with E-state index in [0.717, 1.165) is 0 Å². The quantitative estimate of drug-likeness (QED) is 0.501. The molecule has 4 nitrogen and oxygen atoms in total. The normalized spacial score (nSPS) is 12.0. The van der Waals surface area contributed by atoms with Crippen molar-refractivity contribution >= 4 is 42.5 Å². The molecule has 0 rings (SSSR count). The monoisotopic (exact) mass is 270 g/mol. The van der Waals surface area contributed by atoms with E-state index >= 15 is 0 Å². The van der Waals surface area contributed by atoms with Crippen LogP contribution in [0.4, 0.5) is 0 Å². The van der Waals surface area contributed by atoms with E-state index in [-0.39, 0.29) is 21.4 Å². The smallest absolute Gasteiger partial charge is 0.453 e. The van der Waals surface area contributed by atoms with E-state index in [1.54, 1.807) is 0 Å². The number of rotatable bonds is 6. The third-order valence-corrected chi connectivity index (χ3v) is 11.1. The maximum Gasteiger partial charge on any atom is 0.453 e. The Labute approximate surface area is 98.3 Å². The van der Waals surface area contributed by atoms with Crippen molar-refractivity contribution in [1.82, 2.24) is 0 Å². The molecule has 0 amide bonds. The zero-order valence-corrected chi connectivity index (χ0v) is 14.5. The van der Waals surface area contributed by atoms with Gasteiger partial charge in [-0.2, -0.15) is 0 Å². The van der Waals surface area contributed by atoms with Gasteiger partial charge < -0.3 is 16.5 Å². The average Bonchev–Trinajstić information content (AvgIpc) is 1.81. The van der Waals surface area contributed by atoms with E-state index in [9.17, 15) is 0 Å². The molecule has 0 spiro atoms. The second-order valence-corrected chi connectivity index (χ2v) is 14.5. The van der Waals surface area contributed by atoms with Crippen LogP contribution in [-0.4, -0.2) is 52.1 Å². The van der Waals surface area contributed by atoms with Gasteiger partial charge in [-0.15, -0.1) is 0 Å². The lowest BCUT2D eigenvalue weighted by atomic mass is 11.9. The molecule has 0 aromatic heterocycles. The summed E-state index contributed by atoms with van der Waals surface area (Å²) in [5.41, 5.74) is 0. The fraction of sp³-hybridized carbons (Fsp3) is 1.00. The molecule has 14 heavy (non-hydrogen) atoms. The third kappa shape index (κ3) is 11.1. The summed E-state index contributed by atoms with van der Waals surface area (Å²) in [5, 5.41) is 0. The molecule has 86 valence electrons. The van der Waals surface area contributed by atoms with E-state index in [0.29, 0.717) is 0 Å². The Kier molecular flexibility index (Phi) is 10.2. The summed E-state index contributed by atoms with van der Waals surface area (Å²) in [6.45, 7) is 13.1. The Bertz CT molecular complexity index is 145. The molecule has 0 bridgehead atoms. The molecule has 2 radical (unpaired) electrons. The van der Waals surface area contributed by atoms with Gasteiger partial charge in [-0.1, -0.05) is 13.1 Å². The van der Waals surface area contributed by atoms with Crippen LogP contribution >= 0.6 is 0 Å². The van der Waals surface area contributed by atoms with Crippen molar-refractivity contribution < 1.29 is 16.5 Å². The number of hydrogen-bond donors (Lipinski definition) is 0. The molecule has 0 aromatic carbocycles. The zero-order chi connectivity index (χ0) is 10.5. The predicted molar refractivity (Wildman–Crippen MR) is 69.0 cm³/mol. The molecule has 0 aliphatic rings. The fourth-order valence-electron chi connectivity index (χ4n) is 0.909. The molecule has 0 saturated heterocycles. The molecule has 0 aliphatic heterocycles. The van der Waals surface area contributed by atoms with Gasteiger partial charge in [0.1, 0.15) is 24.9 Å². The van der Waals surface area contributed by atoms with Gasteiger partial charge in [-0.3, -0.25) is 0 Å². The highest BCUT2D eigenvalue weighted by molar-refractivity contribution is 6.75. The predicted octanol–water partition coefficient (Wildman–Crippen LogP) is -0.0743. The van der Waals surface area contributed by atoms with E-state index in [2.05, 4.69) is 39.3 Å². The Morgan fingerprint density at radius 1 is 1.14 bits per heavy atom. The van der Waals surface area contributed by atoms with Gasteiger partial charge in [0, 0.05) is 13.1 Å². The second-order valence-electron chi connectivity index (χ2n) is 4.07. The van der Waals surface area contributed by atoms with E-state index in [4.69, 9.17) is 11.1 Å². The van der Waals surface area contributed by atoms with Crippen molar-refractivity contribution in [3.05, 3.63) is 0 Å². The summed E-state index contributed by atoms with van der Waals surface area (Å²) in [4.78, 5) is 0. The van der Waals surface area contributed by atoms with Crippen LogP contribution in [0.3, 0.4) is 0 Å². The first-order valence-corrected chi connectivity index (χ1v) is 14.1. The Hall–Kier alpha value is 1.02. The van der Waals surface area contributed by atoms with Crippen LogP contribution in [0.15, 0.2) is 0 Å². The summed E-state index contributed by atoms with van der Waals surface area (Å²) < 4.78 is 16.0. The van der Waals surface area contributed by atoms with Crippen molar-refractivity contribution in [2.75, 3.05) is 0 Å². The molecule has 3 N–H and O–H groups in total. The highest BCUT2D eigenvalue weighted by Crippen LogP contribution is 2.04. The first-order chi connectivity index (χ1) is 5.83. The van der Waals surface area contributed by atoms with Gasteiger partial charge >= 0.3 is 17.6 Å². The van der Waals surface area contributed by atoms with Crippen molar-refractivity contribution in [1.29, 1.82) is 0 Å². The summed E-state index contributed by atoms with van der Waals surface area (Å²) in [7, 11) is -3.44. The minimum Gasteiger partial charge on any atom is -0.727 e. The topological polar surface area (TPSA) is 62.8 Å². The van der Waals surface area contributed by atoms with Crippen LogP contribution in [0.2, 0.25) is 39.3 Å². The molecule has 0 saturated carbocycles. The Morgan fingerprint density at radius 3 is 2.00 bits per heavy atom. The first kappa shape index (κ1) is 17.4. The summed E-state index contributed by atoms with van der Waals surface area (Å²) >= 11 is -0.258. The minimum absolute atomic E-state index is 0. The SMILES string of the molecule is C[SiH](C)[O][Al-][O][Si](C)(C)[OH+][SiH](C)C.O. The zero-order valence-electron chi connectivity index (χ0n) is 10.00. The minimum atomic E-state index is -1.71. The van der Waals surface area contributed by atoms with Crippen LogP contribution in [-0.2, 0) is 6.96 Å². The molecule has 0 heterocycles. The van der Waals surface area contributed by atoms with Crippen molar-refractivity contribution in [3.63, 3.8) is 0 Å². The standard InChI is InChI=1S/C4H13O2Si2.C2H7OSi.Al.H2O/c1-7(2)6-8(3,4)5;1-4(2)3;;/h7H,1-4H3;4H,1-2H3;;1H2/q2*-1;+1;/p+1. The lowest BCUT2D eigenvalue weighted by molar-refractivity contribution is 0.265. The second kappa shape index (κ2) is 8.21. The van der Waals surface area contributed by atoms with Crippen LogP contribution in [0.1, 0.15) is 0 Å². The summed E-state index contributed by atoms with van der Waals surface area (Å²) in [6.07, 6.45) is 0. The molecule has 8 heteroatoms. The first-order valence-electron chi connectivity index (χ1n) is 4.70. The molecule has 0 aromatic rings. The third-order valence-electron chi connectivity index (χ3n) is 1.23. The van der Waals surface area contributed by atoms with Crippen molar-refractivity contribution in [3.8, 4) is 0 Å². The lowest BCUT2D eigenvalue weighted by Gasteiger charge is -2.32. The summed E-state index contributed by atoms with van der Waals surface area (Å²) in [6, 6.07) is 0. The maximum atomic E-state index is 5.75. The van der Waals surface area contributed by atoms with Gasteiger partial charge in [0.05, 0.1) is 0 Å². The van der Waals surface area contributed by atoms with Gasteiger partial charge in [-0.25, -0.2) is 0 Å². The Balaban J connectivity index is 0. The highest BCUT2D eigenvalue weighted by Gasteiger charge is 2.28. The molecular formula is C6H23AlO4Si3. The molecule has 0 aliphatic carbocycles. The lowest BCUT2D eigenvalue weighted by Crippen LogP contribution is -2.44. The van der Waals surface area contributed by atoms with Crippen LogP contribution in [0.5, 0.6) is 0 Å². The van der Waals surface area contributed by atoms with Gasteiger partial charge in [0.2, 0.25) is 0 Å². The van der Waals surface area contributed by atoms with Crippen molar-refractivity contribution in [2.24, 2.45) is 0 Å².